The van der Waals surface area contributed by atoms with Gasteiger partial charge in [-0.1, -0.05) is 12.1 Å². The monoisotopic (exact) mass is 211 g/mol. The van der Waals surface area contributed by atoms with E-state index in [0.29, 0.717) is 5.56 Å². The number of hydrogen-bond donors (Lipinski definition) is 0. The van der Waals surface area contributed by atoms with Gasteiger partial charge in [0, 0.05) is 6.21 Å². The molecule has 0 saturated carbocycles. The predicted molar refractivity (Wildman–Crippen MR) is 42.4 cm³/mol. The van der Waals surface area contributed by atoms with E-state index in [1.165, 1.54) is 12.1 Å². The van der Waals surface area contributed by atoms with Crippen LogP contribution in [0.2, 0.25) is 0 Å². The molecule has 0 spiro atoms. The van der Waals surface area contributed by atoms with E-state index in [0.717, 1.165) is 18.3 Å². The van der Waals surface area contributed by atoms with Crippen molar-refractivity contribution in [3.63, 3.8) is 0 Å². The van der Waals surface area contributed by atoms with Crippen molar-refractivity contribution in [2.45, 2.75) is 6.18 Å². The van der Waals surface area contributed by atoms with Crippen molar-refractivity contribution in [2.75, 3.05) is 0 Å². The quantitative estimate of drug-likeness (QED) is 0.354. The van der Waals surface area contributed by atoms with Gasteiger partial charge in [0.1, 0.15) is 0 Å². The van der Waals surface area contributed by atoms with E-state index in [1.807, 2.05) is 0 Å². The fourth-order valence-electron chi connectivity index (χ4n) is 0.819. The van der Waals surface area contributed by atoms with Crippen LogP contribution in [0, 0.1) is 5.21 Å². The zero-order chi connectivity index (χ0) is 9.90. The van der Waals surface area contributed by atoms with E-state index >= 15 is 0 Å². The van der Waals surface area contributed by atoms with Crippen LogP contribution in [0.3, 0.4) is 0 Å². The maximum atomic E-state index is 12.0. The van der Waals surface area contributed by atoms with Gasteiger partial charge in [0.2, 0.25) is 0 Å². The van der Waals surface area contributed by atoms with Gasteiger partial charge in [-0.05, 0) is 17.7 Å². The Hall–Kier alpha value is -0.520. The summed E-state index contributed by atoms with van der Waals surface area (Å²) in [5, 5.41) is 12.2. The van der Waals surface area contributed by atoms with Gasteiger partial charge >= 0.3 is 35.7 Å². The van der Waals surface area contributed by atoms with Crippen molar-refractivity contribution in [3.8, 4) is 0 Å². The Bertz CT molecular complexity index is 307. The third-order valence-electron chi connectivity index (χ3n) is 1.44. The van der Waals surface area contributed by atoms with Crippen molar-refractivity contribution in [2.24, 2.45) is 5.16 Å². The zero-order valence-corrected chi connectivity index (χ0v) is 9.38. The van der Waals surface area contributed by atoms with E-state index in [2.05, 4.69) is 5.16 Å². The third kappa shape index (κ3) is 3.69. The van der Waals surface area contributed by atoms with Gasteiger partial charge in [0.25, 0.3) is 0 Å². The minimum atomic E-state index is -4.34. The molecule has 0 atom stereocenters. The number of hydrogen-bond acceptors (Lipinski definition) is 2. The van der Waals surface area contributed by atoms with E-state index in [-0.39, 0.29) is 29.6 Å². The number of halogens is 3. The summed E-state index contributed by atoms with van der Waals surface area (Å²) in [5.41, 5.74) is -0.390. The Morgan fingerprint density at radius 1 is 1.14 bits per heavy atom. The second kappa shape index (κ2) is 5.38. The molecule has 0 amide bonds. The topological polar surface area (TPSA) is 35.4 Å². The Labute approximate surface area is 101 Å². The smallest absolute Gasteiger partial charge is 0.792 e. The molecule has 0 bridgehead atoms. The molecule has 0 fully saturated rings. The molecule has 0 aliphatic carbocycles. The molecule has 0 aliphatic heterocycles. The fourth-order valence-corrected chi connectivity index (χ4v) is 0.819. The summed E-state index contributed by atoms with van der Waals surface area (Å²) in [6.45, 7) is 0. The van der Waals surface area contributed by atoms with Crippen LogP contribution in [-0.2, 0) is 6.18 Å². The molecule has 0 aliphatic rings. The predicted octanol–water partition coefficient (Wildman–Crippen LogP) is -0.374. The van der Waals surface area contributed by atoms with Crippen LogP contribution in [0.15, 0.2) is 29.4 Å². The number of alkyl halides is 3. The van der Waals surface area contributed by atoms with E-state index in [9.17, 15) is 18.4 Å². The Morgan fingerprint density at radius 3 is 2.00 bits per heavy atom. The maximum absolute atomic E-state index is 12.0. The summed E-state index contributed by atoms with van der Waals surface area (Å²) < 4.78 is 36.0. The van der Waals surface area contributed by atoms with Gasteiger partial charge in [0.15, 0.2) is 0 Å². The Balaban J connectivity index is 0.00000169. The number of nitrogens with zero attached hydrogens (tertiary/aromatic N) is 1. The van der Waals surface area contributed by atoms with Crippen LogP contribution in [0.4, 0.5) is 13.2 Å². The molecule has 14 heavy (non-hydrogen) atoms. The van der Waals surface area contributed by atoms with Gasteiger partial charge < -0.3 is 10.4 Å². The molecule has 0 saturated heterocycles. The molecule has 1 aromatic carbocycles. The zero-order valence-electron chi connectivity index (χ0n) is 7.38. The van der Waals surface area contributed by atoms with E-state index in [1.54, 1.807) is 0 Å². The average Bonchev–Trinajstić information content (AvgIpc) is 2.04. The van der Waals surface area contributed by atoms with Crippen molar-refractivity contribution in [3.05, 3.63) is 40.6 Å². The third-order valence-corrected chi connectivity index (χ3v) is 1.44. The van der Waals surface area contributed by atoms with Crippen molar-refractivity contribution < 1.29 is 42.7 Å². The van der Waals surface area contributed by atoms with Gasteiger partial charge in [-0.3, -0.25) is 0 Å². The maximum Gasteiger partial charge on any atom is 1.00 e. The minimum Gasteiger partial charge on any atom is -0.792 e. The van der Waals surface area contributed by atoms with Crippen LogP contribution in [0.25, 0.3) is 0 Å². The first-order valence-electron chi connectivity index (χ1n) is 3.37. The first-order valence-corrected chi connectivity index (χ1v) is 3.37. The van der Waals surface area contributed by atoms with Crippen LogP contribution >= 0.6 is 0 Å². The molecule has 1 aromatic rings. The molecule has 70 valence electrons. The van der Waals surface area contributed by atoms with Gasteiger partial charge in [-0.15, -0.1) is 0 Å². The summed E-state index contributed by atoms with van der Waals surface area (Å²) in [6.07, 6.45) is -3.40. The molecule has 0 N–H and O–H groups in total. The Kier molecular flexibility index (Phi) is 5.18. The van der Waals surface area contributed by atoms with Crippen LogP contribution in [0.1, 0.15) is 11.1 Å². The van der Waals surface area contributed by atoms with Crippen molar-refractivity contribution in [1.82, 2.24) is 0 Å². The summed E-state index contributed by atoms with van der Waals surface area (Å²) in [7, 11) is 0. The molecule has 1 rings (SSSR count). The summed E-state index contributed by atoms with van der Waals surface area (Å²) >= 11 is 0. The summed E-state index contributed by atoms with van der Waals surface area (Å²) in [5.74, 6) is 0. The van der Waals surface area contributed by atoms with Gasteiger partial charge in [0.05, 0.1) is 5.56 Å². The minimum absolute atomic E-state index is 0. The standard InChI is InChI=1S/C8H6F3NO.Na/c9-8(10,11)7-3-1-6(2-4-7)5-12-13;/h1-5,13H;/q;+1/p-1/b12-5+;. The molecule has 0 unspecified atom stereocenters. The van der Waals surface area contributed by atoms with Crippen LogP contribution in [-0.4, -0.2) is 6.21 Å². The van der Waals surface area contributed by atoms with E-state index < -0.39 is 11.7 Å². The van der Waals surface area contributed by atoms with Crippen molar-refractivity contribution in [1.29, 1.82) is 0 Å². The Morgan fingerprint density at radius 2 is 1.64 bits per heavy atom. The van der Waals surface area contributed by atoms with Gasteiger partial charge in [-0.2, -0.15) is 13.2 Å². The van der Waals surface area contributed by atoms with E-state index in [4.69, 9.17) is 0 Å². The SMILES string of the molecule is [Na+].[O-]/N=C/c1ccc(C(F)(F)F)cc1. The second-order valence-electron chi connectivity index (χ2n) is 2.35. The average molecular weight is 211 g/mol. The largest absolute Gasteiger partial charge is 1.00 e. The molecule has 0 heterocycles. The first kappa shape index (κ1) is 13.5. The molecule has 6 heteroatoms. The summed E-state index contributed by atoms with van der Waals surface area (Å²) in [4.78, 5) is 0. The normalized spacial score (nSPS) is 11.4. The second-order valence-corrected chi connectivity index (χ2v) is 2.35. The van der Waals surface area contributed by atoms with Crippen LogP contribution in [0.5, 0.6) is 0 Å². The molecular weight excluding hydrogens is 206 g/mol. The summed E-state index contributed by atoms with van der Waals surface area (Å²) in [6, 6.07) is 4.17. The molecule has 0 radical (unpaired) electrons. The number of rotatable bonds is 1. The molecule has 2 nitrogen and oxygen atoms in total. The van der Waals surface area contributed by atoms with Crippen molar-refractivity contribution >= 4 is 6.21 Å². The fraction of sp³-hybridized carbons (Fsp3) is 0.125. The van der Waals surface area contributed by atoms with Crippen LogP contribution < -0.4 is 29.6 Å². The molecular formula is C8H5F3NNaO. The molecule has 0 aromatic heterocycles. The first-order chi connectivity index (χ1) is 6.04. The van der Waals surface area contributed by atoms with Gasteiger partial charge in [-0.25, -0.2) is 0 Å². The number of benzene rings is 1.